The van der Waals surface area contributed by atoms with E-state index in [-0.39, 0.29) is 5.91 Å². The highest BCUT2D eigenvalue weighted by Gasteiger charge is 2.11. The maximum Gasteiger partial charge on any atom is 0.255 e. The third-order valence-corrected chi connectivity index (χ3v) is 5.16. The number of aryl methyl sites for hydroxylation is 1. The standard InChI is InChI=1S/C18H14N4O2S2/c1-11-10-25-16(19-11)9-24-13-7-5-12(6-8-13)18(23)20-14-3-2-4-15-17(14)22-26-21-15/h2-8,10H,9H2,1H3,(H,20,23). The molecule has 1 N–H and O–H groups in total. The molecule has 0 saturated carbocycles. The van der Waals surface area contributed by atoms with Crippen molar-refractivity contribution in [1.82, 2.24) is 13.7 Å². The molecule has 2 aromatic carbocycles. The largest absolute Gasteiger partial charge is 0.486 e. The smallest absolute Gasteiger partial charge is 0.255 e. The molecule has 130 valence electrons. The van der Waals surface area contributed by atoms with Crippen molar-refractivity contribution in [3.8, 4) is 5.75 Å². The van der Waals surface area contributed by atoms with Gasteiger partial charge < -0.3 is 10.1 Å². The number of hydrogen-bond donors (Lipinski definition) is 1. The second kappa shape index (κ2) is 7.19. The van der Waals surface area contributed by atoms with Crippen molar-refractivity contribution in [2.45, 2.75) is 13.5 Å². The Bertz CT molecular complexity index is 1060. The molecular formula is C18H14N4O2S2. The van der Waals surface area contributed by atoms with Crippen molar-refractivity contribution in [2.24, 2.45) is 0 Å². The van der Waals surface area contributed by atoms with Gasteiger partial charge in [0.25, 0.3) is 5.91 Å². The van der Waals surface area contributed by atoms with Crippen LogP contribution in [0.15, 0.2) is 47.8 Å². The van der Waals surface area contributed by atoms with Gasteiger partial charge in [0, 0.05) is 16.6 Å². The summed E-state index contributed by atoms with van der Waals surface area (Å²) in [6, 6.07) is 12.5. The number of fused-ring (bicyclic) bond motifs is 1. The molecule has 0 aliphatic rings. The van der Waals surface area contributed by atoms with E-state index in [9.17, 15) is 4.79 Å². The maximum atomic E-state index is 12.5. The molecule has 0 atom stereocenters. The number of carbonyl (C=O) groups is 1. The number of benzene rings is 2. The maximum absolute atomic E-state index is 12.5. The average molecular weight is 382 g/mol. The number of amides is 1. The number of nitrogens with one attached hydrogen (secondary N) is 1. The second-order valence-electron chi connectivity index (χ2n) is 5.59. The highest BCUT2D eigenvalue weighted by Crippen LogP contribution is 2.22. The van der Waals surface area contributed by atoms with E-state index in [1.54, 1.807) is 35.6 Å². The molecule has 6 nitrogen and oxygen atoms in total. The zero-order valence-corrected chi connectivity index (χ0v) is 15.4. The van der Waals surface area contributed by atoms with Crippen LogP contribution in [0.5, 0.6) is 5.75 Å². The molecule has 0 bridgehead atoms. The Labute approximate surface area is 157 Å². The zero-order chi connectivity index (χ0) is 17.9. The van der Waals surface area contributed by atoms with Crippen LogP contribution < -0.4 is 10.1 Å². The van der Waals surface area contributed by atoms with Crippen molar-refractivity contribution >= 4 is 45.7 Å². The summed E-state index contributed by atoms with van der Waals surface area (Å²) in [6.07, 6.45) is 0. The fourth-order valence-corrected chi connectivity index (χ4v) is 3.65. The monoisotopic (exact) mass is 382 g/mol. The summed E-state index contributed by atoms with van der Waals surface area (Å²) in [5.41, 5.74) is 3.66. The first-order chi connectivity index (χ1) is 12.7. The molecule has 0 aliphatic heterocycles. The predicted octanol–water partition coefficient (Wildman–Crippen LogP) is 4.29. The normalized spacial score (nSPS) is 10.8. The zero-order valence-electron chi connectivity index (χ0n) is 13.8. The lowest BCUT2D eigenvalue weighted by atomic mass is 10.2. The molecule has 0 radical (unpaired) electrons. The Balaban J connectivity index is 1.43. The Morgan fingerprint density at radius 1 is 1.15 bits per heavy atom. The Morgan fingerprint density at radius 3 is 2.77 bits per heavy atom. The predicted molar refractivity (Wildman–Crippen MR) is 103 cm³/mol. The van der Waals surface area contributed by atoms with Crippen molar-refractivity contribution in [1.29, 1.82) is 0 Å². The van der Waals surface area contributed by atoms with Gasteiger partial charge in [-0.1, -0.05) is 6.07 Å². The van der Waals surface area contributed by atoms with E-state index in [0.29, 0.717) is 29.1 Å². The summed E-state index contributed by atoms with van der Waals surface area (Å²) in [4.78, 5) is 16.8. The van der Waals surface area contributed by atoms with Gasteiger partial charge in [-0.2, -0.15) is 8.75 Å². The van der Waals surface area contributed by atoms with Crippen LogP contribution in [0.2, 0.25) is 0 Å². The van der Waals surface area contributed by atoms with Crippen LogP contribution in [0.25, 0.3) is 11.0 Å². The van der Waals surface area contributed by atoms with Gasteiger partial charge in [0.05, 0.1) is 17.4 Å². The number of carbonyl (C=O) groups excluding carboxylic acids is 1. The van der Waals surface area contributed by atoms with Crippen LogP contribution in [-0.2, 0) is 6.61 Å². The molecule has 0 spiro atoms. The summed E-state index contributed by atoms with van der Waals surface area (Å²) in [5, 5.41) is 5.80. The highest BCUT2D eigenvalue weighted by molar-refractivity contribution is 7.09. The number of anilines is 1. The molecule has 2 aromatic heterocycles. The van der Waals surface area contributed by atoms with Crippen LogP contribution in [0.3, 0.4) is 0 Å². The minimum absolute atomic E-state index is 0.201. The van der Waals surface area contributed by atoms with Crippen molar-refractivity contribution in [3.63, 3.8) is 0 Å². The van der Waals surface area contributed by atoms with Crippen LogP contribution in [-0.4, -0.2) is 19.6 Å². The van der Waals surface area contributed by atoms with E-state index in [1.165, 1.54) is 0 Å². The summed E-state index contributed by atoms with van der Waals surface area (Å²) in [7, 11) is 0. The second-order valence-corrected chi connectivity index (χ2v) is 7.06. The molecule has 4 aromatic rings. The lowest BCUT2D eigenvalue weighted by Gasteiger charge is -2.07. The van der Waals surface area contributed by atoms with E-state index in [4.69, 9.17) is 4.74 Å². The van der Waals surface area contributed by atoms with Gasteiger partial charge >= 0.3 is 0 Å². The lowest BCUT2D eigenvalue weighted by molar-refractivity contribution is 0.102. The average Bonchev–Trinajstić information content (AvgIpc) is 3.29. The van der Waals surface area contributed by atoms with Gasteiger partial charge in [0.15, 0.2) is 0 Å². The number of thiazole rings is 1. The third-order valence-electron chi connectivity index (χ3n) is 3.68. The topological polar surface area (TPSA) is 77.0 Å². The Hall–Kier alpha value is -2.84. The minimum atomic E-state index is -0.201. The Kier molecular flexibility index (Phi) is 4.59. The van der Waals surface area contributed by atoms with E-state index in [2.05, 4.69) is 19.0 Å². The molecule has 2 heterocycles. The molecule has 1 amide bonds. The van der Waals surface area contributed by atoms with E-state index in [1.807, 2.05) is 30.5 Å². The summed E-state index contributed by atoms with van der Waals surface area (Å²) < 4.78 is 14.1. The van der Waals surface area contributed by atoms with Crippen LogP contribution in [0.4, 0.5) is 5.69 Å². The van der Waals surface area contributed by atoms with Gasteiger partial charge in [-0.3, -0.25) is 4.79 Å². The first kappa shape index (κ1) is 16.6. The molecule has 0 aliphatic carbocycles. The molecule has 0 saturated heterocycles. The summed E-state index contributed by atoms with van der Waals surface area (Å²) in [5.74, 6) is 0.493. The molecule has 8 heteroatoms. The molecule has 0 fully saturated rings. The number of hydrogen-bond acceptors (Lipinski definition) is 7. The van der Waals surface area contributed by atoms with E-state index < -0.39 is 0 Å². The third kappa shape index (κ3) is 3.56. The summed E-state index contributed by atoms with van der Waals surface area (Å²) >= 11 is 2.69. The van der Waals surface area contributed by atoms with Crippen LogP contribution in [0.1, 0.15) is 21.1 Å². The van der Waals surface area contributed by atoms with Gasteiger partial charge in [0.2, 0.25) is 0 Å². The van der Waals surface area contributed by atoms with Gasteiger partial charge in [-0.25, -0.2) is 4.98 Å². The first-order valence-corrected chi connectivity index (χ1v) is 9.46. The fourth-order valence-electron chi connectivity index (χ4n) is 2.42. The molecular weight excluding hydrogens is 368 g/mol. The molecule has 0 unspecified atom stereocenters. The van der Waals surface area contributed by atoms with Gasteiger partial charge in [-0.05, 0) is 43.3 Å². The SMILES string of the molecule is Cc1csc(COc2ccc(C(=O)Nc3cccc4nsnc34)cc2)n1. The minimum Gasteiger partial charge on any atom is -0.486 e. The van der Waals surface area contributed by atoms with E-state index >= 15 is 0 Å². The van der Waals surface area contributed by atoms with Crippen LogP contribution in [0, 0.1) is 6.92 Å². The van der Waals surface area contributed by atoms with Gasteiger partial charge in [0.1, 0.15) is 28.4 Å². The van der Waals surface area contributed by atoms with Crippen molar-refractivity contribution < 1.29 is 9.53 Å². The Morgan fingerprint density at radius 2 is 2.00 bits per heavy atom. The first-order valence-electron chi connectivity index (χ1n) is 7.85. The summed E-state index contributed by atoms with van der Waals surface area (Å²) in [6.45, 7) is 2.37. The van der Waals surface area contributed by atoms with Crippen LogP contribution >= 0.6 is 23.1 Å². The number of ether oxygens (including phenoxy) is 1. The quantitative estimate of drug-likeness (QED) is 0.557. The highest BCUT2D eigenvalue weighted by atomic mass is 32.1. The van der Waals surface area contributed by atoms with Gasteiger partial charge in [-0.15, -0.1) is 11.3 Å². The number of rotatable bonds is 5. The van der Waals surface area contributed by atoms with Crippen molar-refractivity contribution in [3.05, 3.63) is 64.1 Å². The van der Waals surface area contributed by atoms with E-state index in [0.717, 1.165) is 27.9 Å². The fraction of sp³-hybridized carbons (Fsp3) is 0.111. The van der Waals surface area contributed by atoms with Crippen molar-refractivity contribution in [2.75, 3.05) is 5.32 Å². The lowest BCUT2D eigenvalue weighted by Crippen LogP contribution is -2.12. The molecule has 26 heavy (non-hydrogen) atoms. The number of aromatic nitrogens is 3. The molecule has 4 rings (SSSR count). The number of nitrogens with zero attached hydrogens (tertiary/aromatic N) is 3.